The fourth-order valence-corrected chi connectivity index (χ4v) is 6.18. The molecule has 8 nitrogen and oxygen atoms in total. The number of hydrogen-bond acceptors (Lipinski definition) is 5. The van der Waals surface area contributed by atoms with Crippen LogP contribution < -0.4 is 10.6 Å². The monoisotopic (exact) mass is 457 g/mol. The van der Waals surface area contributed by atoms with Crippen LogP contribution in [0.3, 0.4) is 0 Å². The highest BCUT2D eigenvalue weighted by Gasteiger charge is 2.80. The standard InChI is InChI=1S/C25H35N3O5/c1-5-11-26-21(30)18-19-23(32)28(16(3)14-29)20(25(19)12-15(2)24(18,4)33-25)22(31)27-13-17-9-7-6-8-10-17/h6-10,15-16,18-20,29H,5,11-14H2,1-4H3,(H,26,30)(H,27,31)/t15?,16-,18+,19+,20?,24-,25?/m1/s1. The minimum atomic E-state index is -1.09. The Morgan fingerprint density at radius 3 is 2.58 bits per heavy atom. The predicted molar refractivity (Wildman–Crippen MR) is 122 cm³/mol. The molecule has 180 valence electrons. The number of likely N-dealkylation sites (tertiary alicyclic amines) is 1. The van der Waals surface area contributed by atoms with Gasteiger partial charge in [-0.3, -0.25) is 14.4 Å². The van der Waals surface area contributed by atoms with Gasteiger partial charge in [0.1, 0.15) is 11.6 Å². The van der Waals surface area contributed by atoms with E-state index < -0.39 is 35.1 Å². The molecule has 0 saturated carbocycles. The van der Waals surface area contributed by atoms with Crippen molar-refractivity contribution >= 4 is 17.7 Å². The predicted octanol–water partition coefficient (Wildman–Crippen LogP) is 1.22. The minimum absolute atomic E-state index is 0.00673. The molecule has 4 rings (SSSR count). The van der Waals surface area contributed by atoms with Crippen LogP contribution in [-0.4, -0.2) is 64.2 Å². The van der Waals surface area contributed by atoms with E-state index in [2.05, 4.69) is 10.6 Å². The summed E-state index contributed by atoms with van der Waals surface area (Å²) in [5.74, 6) is -2.25. The number of aliphatic hydroxyl groups is 1. The Labute approximate surface area is 195 Å². The van der Waals surface area contributed by atoms with Gasteiger partial charge in [-0.25, -0.2) is 0 Å². The third-order valence-corrected chi connectivity index (χ3v) is 7.88. The van der Waals surface area contributed by atoms with E-state index in [1.165, 1.54) is 4.90 Å². The molecule has 3 saturated heterocycles. The van der Waals surface area contributed by atoms with Gasteiger partial charge in [-0.2, -0.15) is 0 Å². The summed E-state index contributed by atoms with van der Waals surface area (Å²) in [6, 6.07) is 8.07. The minimum Gasteiger partial charge on any atom is -0.394 e. The van der Waals surface area contributed by atoms with Crippen molar-refractivity contribution in [3.63, 3.8) is 0 Å². The number of rotatable bonds is 8. The summed E-state index contributed by atoms with van der Waals surface area (Å²) in [6.45, 7) is 8.17. The van der Waals surface area contributed by atoms with Gasteiger partial charge < -0.3 is 25.4 Å². The molecule has 1 aromatic rings. The maximum absolute atomic E-state index is 13.8. The summed E-state index contributed by atoms with van der Waals surface area (Å²) in [4.78, 5) is 42.1. The first-order chi connectivity index (χ1) is 15.7. The highest BCUT2D eigenvalue weighted by molar-refractivity contribution is 5.99. The van der Waals surface area contributed by atoms with Crippen molar-refractivity contribution in [2.45, 2.75) is 70.4 Å². The summed E-state index contributed by atoms with van der Waals surface area (Å²) >= 11 is 0. The normalized spacial score (nSPS) is 35.4. The van der Waals surface area contributed by atoms with Crippen LogP contribution in [-0.2, 0) is 25.7 Å². The fraction of sp³-hybridized carbons (Fsp3) is 0.640. The van der Waals surface area contributed by atoms with E-state index in [1.807, 2.05) is 51.1 Å². The number of fused-ring (bicyclic) bond motifs is 1. The molecule has 7 atom stereocenters. The summed E-state index contributed by atoms with van der Waals surface area (Å²) in [6.07, 6.45) is 1.29. The number of aliphatic hydroxyl groups excluding tert-OH is 1. The molecule has 0 aliphatic carbocycles. The molecule has 8 heteroatoms. The lowest BCUT2D eigenvalue weighted by atomic mass is 9.62. The Balaban J connectivity index is 1.70. The molecule has 0 radical (unpaired) electrons. The maximum Gasteiger partial charge on any atom is 0.246 e. The summed E-state index contributed by atoms with van der Waals surface area (Å²) in [7, 11) is 0. The number of carbonyl (C=O) groups excluding carboxylic acids is 3. The molecule has 3 unspecified atom stereocenters. The molecule has 3 aliphatic rings. The molecular formula is C25H35N3O5. The van der Waals surface area contributed by atoms with E-state index in [1.54, 1.807) is 6.92 Å². The van der Waals surface area contributed by atoms with E-state index in [4.69, 9.17) is 4.74 Å². The molecule has 3 aliphatic heterocycles. The van der Waals surface area contributed by atoms with Gasteiger partial charge in [-0.05, 0) is 38.2 Å². The Morgan fingerprint density at radius 2 is 1.94 bits per heavy atom. The highest BCUT2D eigenvalue weighted by Crippen LogP contribution is 2.65. The molecule has 2 bridgehead atoms. The Morgan fingerprint density at radius 1 is 1.24 bits per heavy atom. The van der Waals surface area contributed by atoms with Crippen LogP contribution in [0.25, 0.3) is 0 Å². The Hall–Kier alpha value is -2.45. The van der Waals surface area contributed by atoms with E-state index in [-0.39, 0.29) is 30.2 Å². The first-order valence-electron chi connectivity index (χ1n) is 11.9. The number of carbonyl (C=O) groups is 3. The molecule has 0 aromatic heterocycles. The zero-order chi connectivity index (χ0) is 24.0. The first-order valence-corrected chi connectivity index (χ1v) is 11.9. The van der Waals surface area contributed by atoms with Crippen molar-refractivity contribution in [2.75, 3.05) is 13.2 Å². The molecule has 1 spiro atoms. The SMILES string of the molecule is CCCNC(=O)[C@@H]1[C@H]2C(=O)N([C@H](C)CO)C(C(=O)NCc3ccccc3)C23CC(C)[C@@]1(C)O3. The second-order valence-corrected chi connectivity index (χ2v) is 9.98. The van der Waals surface area contributed by atoms with Gasteiger partial charge in [0.2, 0.25) is 17.7 Å². The lowest BCUT2D eigenvalue weighted by Gasteiger charge is -2.36. The molecule has 1 aromatic carbocycles. The molecule has 3 N–H and O–H groups in total. The number of nitrogens with zero attached hydrogens (tertiary/aromatic N) is 1. The van der Waals surface area contributed by atoms with Gasteiger partial charge in [-0.15, -0.1) is 0 Å². The molecular weight excluding hydrogens is 422 g/mol. The topological polar surface area (TPSA) is 108 Å². The summed E-state index contributed by atoms with van der Waals surface area (Å²) in [5.41, 5.74) is -0.978. The van der Waals surface area contributed by atoms with Crippen molar-refractivity contribution in [3.05, 3.63) is 35.9 Å². The first kappa shape index (κ1) is 23.7. The number of nitrogens with one attached hydrogen (secondary N) is 2. The van der Waals surface area contributed by atoms with Gasteiger partial charge in [0.25, 0.3) is 0 Å². The van der Waals surface area contributed by atoms with Crippen LogP contribution in [0.1, 0.15) is 46.1 Å². The number of amides is 3. The average Bonchev–Trinajstić information content (AvgIpc) is 3.32. The van der Waals surface area contributed by atoms with Gasteiger partial charge >= 0.3 is 0 Å². The van der Waals surface area contributed by atoms with Gasteiger partial charge in [0.05, 0.1) is 30.1 Å². The van der Waals surface area contributed by atoms with Crippen LogP contribution >= 0.6 is 0 Å². The Kier molecular flexibility index (Phi) is 6.26. The maximum atomic E-state index is 13.8. The van der Waals surface area contributed by atoms with Crippen LogP contribution in [0.15, 0.2) is 30.3 Å². The van der Waals surface area contributed by atoms with Gasteiger partial charge in [-0.1, -0.05) is 44.2 Å². The smallest absolute Gasteiger partial charge is 0.246 e. The molecule has 3 heterocycles. The van der Waals surface area contributed by atoms with E-state index in [0.717, 1.165) is 12.0 Å². The highest BCUT2D eigenvalue weighted by atomic mass is 16.5. The third-order valence-electron chi connectivity index (χ3n) is 7.88. The van der Waals surface area contributed by atoms with Crippen LogP contribution in [0.4, 0.5) is 0 Å². The number of benzene rings is 1. The van der Waals surface area contributed by atoms with Gasteiger partial charge in [0, 0.05) is 13.1 Å². The van der Waals surface area contributed by atoms with Crippen LogP contribution in [0.5, 0.6) is 0 Å². The zero-order valence-electron chi connectivity index (χ0n) is 19.8. The Bertz CT molecular complexity index is 924. The van der Waals surface area contributed by atoms with E-state index >= 15 is 0 Å². The second kappa shape index (κ2) is 8.72. The lowest BCUT2D eigenvalue weighted by Crippen LogP contribution is -2.57. The number of hydrogen-bond donors (Lipinski definition) is 3. The largest absolute Gasteiger partial charge is 0.394 e. The van der Waals surface area contributed by atoms with E-state index in [0.29, 0.717) is 19.5 Å². The van der Waals surface area contributed by atoms with Gasteiger partial charge in [0.15, 0.2) is 0 Å². The van der Waals surface area contributed by atoms with Crippen molar-refractivity contribution in [2.24, 2.45) is 17.8 Å². The molecule has 3 fully saturated rings. The van der Waals surface area contributed by atoms with Crippen molar-refractivity contribution in [3.8, 4) is 0 Å². The fourth-order valence-electron chi connectivity index (χ4n) is 6.18. The van der Waals surface area contributed by atoms with Crippen LogP contribution in [0.2, 0.25) is 0 Å². The van der Waals surface area contributed by atoms with Crippen LogP contribution in [0, 0.1) is 17.8 Å². The van der Waals surface area contributed by atoms with E-state index in [9.17, 15) is 19.5 Å². The second-order valence-electron chi connectivity index (χ2n) is 9.98. The zero-order valence-corrected chi connectivity index (χ0v) is 19.8. The van der Waals surface area contributed by atoms with Crippen molar-refractivity contribution in [1.82, 2.24) is 15.5 Å². The third kappa shape index (κ3) is 3.54. The molecule has 33 heavy (non-hydrogen) atoms. The van der Waals surface area contributed by atoms with Crippen molar-refractivity contribution < 1.29 is 24.2 Å². The summed E-state index contributed by atoms with van der Waals surface area (Å²) < 4.78 is 6.61. The lowest BCUT2D eigenvalue weighted by molar-refractivity contribution is -0.150. The molecule has 3 amide bonds. The summed E-state index contributed by atoms with van der Waals surface area (Å²) in [5, 5.41) is 15.8. The average molecular weight is 458 g/mol. The number of ether oxygens (including phenoxy) is 1. The quantitative estimate of drug-likeness (QED) is 0.544. The van der Waals surface area contributed by atoms with Crippen molar-refractivity contribution in [1.29, 1.82) is 0 Å².